The van der Waals surface area contributed by atoms with E-state index in [0.717, 1.165) is 9.26 Å². The summed E-state index contributed by atoms with van der Waals surface area (Å²) in [4.78, 5) is 20.1. The summed E-state index contributed by atoms with van der Waals surface area (Å²) < 4.78 is 1.11. The predicted octanol–water partition coefficient (Wildman–Crippen LogP) is 3.81. The van der Waals surface area contributed by atoms with Crippen LogP contribution in [0.1, 0.15) is 23.0 Å². The zero-order chi connectivity index (χ0) is 15.4. The van der Waals surface area contributed by atoms with E-state index in [2.05, 4.69) is 37.9 Å². The first-order chi connectivity index (χ1) is 10.0. The van der Waals surface area contributed by atoms with Gasteiger partial charge in [0.15, 0.2) is 5.16 Å². The summed E-state index contributed by atoms with van der Waals surface area (Å²) in [6, 6.07) is 7.67. The number of carboxylic acid groups (broad SMARTS) is 1. The zero-order valence-electron chi connectivity index (χ0n) is 11.6. The Morgan fingerprint density at radius 2 is 2.00 bits per heavy atom. The molecule has 0 saturated heterocycles. The van der Waals surface area contributed by atoms with Crippen LogP contribution in [0.15, 0.2) is 29.4 Å². The smallest absolute Gasteiger partial charge is 0.341 e. The Balaban J connectivity index is 2.49. The number of anilines is 2. The van der Waals surface area contributed by atoms with E-state index in [1.807, 2.05) is 37.4 Å². The number of benzene rings is 1. The van der Waals surface area contributed by atoms with Crippen LogP contribution in [0.25, 0.3) is 0 Å². The van der Waals surface area contributed by atoms with Crippen LogP contribution in [-0.2, 0) is 6.42 Å². The van der Waals surface area contributed by atoms with Gasteiger partial charge in [0.1, 0.15) is 11.4 Å². The summed E-state index contributed by atoms with van der Waals surface area (Å²) in [6.07, 6.45) is 2.41. The fourth-order valence-electron chi connectivity index (χ4n) is 1.82. The number of hydrogen-bond acceptors (Lipinski definition) is 5. The van der Waals surface area contributed by atoms with Crippen LogP contribution in [0.2, 0.25) is 0 Å². The molecule has 2 aromatic rings. The van der Waals surface area contributed by atoms with Gasteiger partial charge in [-0.15, -0.1) is 0 Å². The molecule has 0 fully saturated rings. The van der Waals surface area contributed by atoms with Gasteiger partial charge in [0.05, 0.1) is 5.69 Å². The Labute approximate surface area is 140 Å². The molecule has 0 unspecified atom stereocenters. The lowest BCUT2D eigenvalue weighted by Crippen LogP contribution is -2.11. The third kappa shape index (κ3) is 3.85. The normalized spacial score (nSPS) is 10.4. The Hall–Kier alpha value is -1.35. The van der Waals surface area contributed by atoms with E-state index >= 15 is 0 Å². The number of nitrogens with one attached hydrogen (secondary N) is 1. The molecule has 0 spiro atoms. The summed E-state index contributed by atoms with van der Waals surface area (Å²) in [7, 11) is 0. The van der Waals surface area contributed by atoms with Crippen molar-refractivity contribution in [1.82, 2.24) is 9.97 Å². The summed E-state index contributed by atoms with van der Waals surface area (Å²) in [5.41, 5.74) is 1.47. The van der Waals surface area contributed by atoms with E-state index in [4.69, 9.17) is 0 Å². The van der Waals surface area contributed by atoms with Gasteiger partial charge in [0, 0.05) is 9.26 Å². The second-order valence-electron chi connectivity index (χ2n) is 4.17. The number of aromatic nitrogens is 2. The molecule has 0 aliphatic heterocycles. The lowest BCUT2D eigenvalue weighted by atomic mass is 10.1. The first-order valence-corrected chi connectivity index (χ1v) is 8.56. The molecule has 21 heavy (non-hydrogen) atoms. The van der Waals surface area contributed by atoms with Crippen molar-refractivity contribution in [2.24, 2.45) is 0 Å². The number of rotatable bonds is 5. The van der Waals surface area contributed by atoms with E-state index in [0.29, 0.717) is 23.1 Å². The molecule has 0 amide bonds. The highest BCUT2D eigenvalue weighted by Gasteiger charge is 2.19. The highest BCUT2D eigenvalue weighted by atomic mass is 127. The highest BCUT2D eigenvalue weighted by molar-refractivity contribution is 14.1. The molecule has 1 heterocycles. The number of halogens is 1. The molecule has 2 rings (SSSR count). The average molecular weight is 415 g/mol. The number of carboxylic acids is 1. The maximum atomic E-state index is 11.5. The molecule has 0 aliphatic carbocycles. The maximum Gasteiger partial charge on any atom is 0.341 e. The zero-order valence-corrected chi connectivity index (χ0v) is 14.5. The number of nitrogens with zero attached hydrogens (tertiary/aromatic N) is 2. The van der Waals surface area contributed by atoms with Crippen molar-refractivity contribution in [1.29, 1.82) is 0 Å². The number of aromatic carboxylic acids is 1. The number of thioether (sulfide) groups is 1. The molecule has 110 valence electrons. The quantitative estimate of drug-likeness (QED) is 0.440. The van der Waals surface area contributed by atoms with E-state index < -0.39 is 5.97 Å². The molecule has 5 nitrogen and oxygen atoms in total. The molecular weight excluding hydrogens is 401 g/mol. The van der Waals surface area contributed by atoms with Crippen LogP contribution in [0.5, 0.6) is 0 Å². The van der Waals surface area contributed by atoms with E-state index in [-0.39, 0.29) is 5.56 Å². The van der Waals surface area contributed by atoms with Gasteiger partial charge in [-0.2, -0.15) is 0 Å². The maximum absolute atomic E-state index is 11.5. The predicted molar refractivity (Wildman–Crippen MR) is 92.6 cm³/mol. The molecule has 1 aromatic heterocycles. The van der Waals surface area contributed by atoms with Gasteiger partial charge in [0.25, 0.3) is 0 Å². The van der Waals surface area contributed by atoms with Gasteiger partial charge in [-0.05, 0) is 59.5 Å². The summed E-state index contributed by atoms with van der Waals surface area (Å²) >= 11 is 3.61. The second-order valence-corrected chi connectivity index (χ2v) is 6.19. The SMILES string of the molecule is CCc1nc(SC)nc(Nc2ccc(I)cc2)c1C(=O)O. The van der Waals surface area contributed by atoms with Crippen LogP contribution in [0, 0.1) is 3.57 Å². The van der Waals surface area contributed by atoms with Gasteiger partial charge in [-0.1, -0.05) is 18.7 Å². The Morgan fingerprint density at radius 1 is 1.33 bits per heavy atom. The summed E-state index contributed by atoms with van der Waals surface area (Å²) in [5, 5.41) is 13.1. The third-order valence-corrected chi connectivity index (χ3v) is 4.07. The second kappa shape index (κ2) is 7.08. The first-order valence-electron chi connectivity index (χ1n) is 6.26. The minimum atomic E-state index is -1.02. The molecule has 0 bridgehead atoms. The molecule has 7 heteroatoms. The van der Waals surface area contributed by atoms with Crippen LogP contribution in [0.3, 0.4) is 0 Å². The van der Waals surface area contributed by atoms with Crippen LogP contribution in [-0.4, -0.2) is 27.3 Å². The van der Waals surface area contributed by atoms with Crippen LogP contribution >= 0.6 is 34.4 Å². The minimum Gasteiger partial charge on any atom is -0.477 e. The minimum absolute atomic E-state index is 0.133. The van der Waals surface area contributed by atoms with Gasteiger partial charge in [-0.3, -0.25) is 0 Å². The Morgan fingerprint density at radius 3 is 2.52 bits per heavy atom. The number of aryl methyl sites for hydroxylation is 1. The Kier molecular flexibility index (Phi) is 5.40. The topological polar surface area (TPSA) is 75.1 Å². The van der Waals surface area contributed by atoms with Gasteiger partial charge < -0.3 is 10.4 Å². The van der Waals surface area contributed by atoms with E-state index in [9.17, 15) is 9.90 Å². The fourth-order valence-corrected chi connectivity index (χ4v) is 2.56. The molecule has 0 radical (unpaired) electrons. The number of carbonyl (C=O) groups is 1. The molecule has 0 aliphatic rings. The van der Waals surface area contributed by atoms with Crippen molar-refractivity contribution in [3.8, 4) is 0 Å². The van der Waals surface area contributed by atoms with Crippen molar-refractivity contribution in [2.75, 3.05) is 11.6 Å². The fraction of sp³-hybridized carbons (Fsp3) is 0.214. The largest absolute Gasteiger partial charge is 0.477 e. The van der Waals surface area contributed by atoms with E-state index in [1.54, 1.807) is 0 Å². The van der Waals surface area contributed by atoms with Gasteiger partial charge >= 0.3 is 5.97 Å². The van der Waals surface area contributed by atoms with Crippen molar-refractivity contribution >= 4 is 51.8 Å². The van der Waals surface area contributed by atoms with Crippen molar-refractivity contribution in [2.45, 2.75) is 18.5 Å². The Bertz CT molecular complexity index is 662. The molecule has 0 atom stereocenters. The van der Waals surface area contributed by atoms with Gasteiger partial charge in [-0.25, -0.2) is 14.8 Å². The van der Waals surface area contributed by atoms with E-state index in [1.165, 1.54) is 11.8 Å². The summed E-state index contributed by atoms with van der Waals surface area (Å²) in [5.74, 6) is -0.688. The van der Waals surface area contributed by atoms with Crippen molar-refractivity contribution in [3.05, 3.63) is 39.1 Å². The van der Waals surface area contributed by atoms with Gasteiger partial charge in [0.2, 0.25) is 0 Å². The van der Waals surface area contributed by atoms with Crippen LogP contribution < -0.4 is 5.32 Å². The van der Waals surface area contributed by atoms with Crippen LogP contribution in [0.4, 0.5) is 11.5 Å². The molecular formula is C14H14IN3O2S. The lowest BCUT2D eigenvalue weighted by molar-refractivity contribution is 0.0695. The third-order valence-electron chi connectivity index (χ3n) is 2.80. The molecule has 0 saturated carbocycles. The standard InChI is InChI=1S/C14H14IN3O2S/c1-3-10-11(13(19)20)12(18-14(17-10)21-2)16-9-6-4-8(15)5-7-9/h4-7H,3H2,1-2H3,(H,19,20)(H,16,17,18). The first kappa shape index (κ1) is 16.0. The number of hydrogen-bond donors (Lipinski definition) is 2. The highest BCUT2D eigenvalue weighted by Crippen LogP contribution is 2.25. The summed E-state index contributed by atoms with van der Waals surface area (Å²) in [6.45, 7) is 1.88. The monoisotopic (exact) mass is 415 g/mol. The molecule has 2 N–H and O–H groups in total. The molecule has 1 aromatic carbocycles. The van der Waals surface area contributed by atoms with Crippen molar-refractivity contribution < 1.29 is 9.90 Å². The van der Waals surface area contributed by atoms with Crippen molar-refractivity contribution in [3.63, 3.8) is 0 Å². The average Bonchev–Trinajstić information content (AvgIpc) is 2.48. The lowest BCUT2D eigenvalue weighted by Gasteiger charge is -2.12.